The Morgan fingerprint density at radius 2 is 2.36 bits per heavy atom. The van der Waals surface area contributed by atoms with E-state index in [-0.39, 0.29) is 6.04 Å². The molecule has 0 spiro atoms. The van der Waals surface area contributed by atoms with Crippen LogP contribution in [0.4, 0.5) is 0 Å². The van der Waals surface area contributed by atoms with Crippen LogP contribution in [-0.2, 0) is 4.74 Å². The molecule has 1 aromatic rings. The molecule has 0 radical (unpaired) electrons. The van der Waals surface area contributed by atoms with Crippen molar-refractivity contribution in [3.05, 3.63) is 22.6 Å². The van der Waals surface area contributed by atoms with Crippen molar-refractivity contribution >= 4 is 15.9 Å². The lowest BCUT2D eigenvalue weighted by molar-refractivity contribution is 0.157. The number of furan rings is 1. The molecule has 1 atom stereocenters. The van der Waals surface area contributed by atoms with Crippen LogP contribution in [0.1, 0.15) is 25.1 Å². The minimum atomic E-state index is 0.145. The van der Waals surface area contributed by atoms with E-state index in [0.717, 1.165) is 23.4 Å². The van der Waals surface area contributed by atoms with Crippen LogP contribution < -0.4 is 5.32 Å². The van der Waals surface area contributed by atoms with Gasteiger partial charge in [0.25, 0.3) is 0 Å². The molecule has 0 saturated heterocycles. The van der Waals surface area contributed by atoms with Crippen LogP contribution in [0, 0.1) is 0 Å². The monoisotopic (exact) mass is 261 g/mol. The van der Waals surface area contributed by atoms with Crippen LogP contribution >= 0.6 is 15.9 Å². The number of nitrogens with one attached hydrogen (secondary N) is 1. The topological polar surface area (TPSA) is 34.4 Å². The summed E-state index contributed by atoms with van der Waals surface area (Å²) in [5, 5.41) is 3.36. The molecule has 0 aliphatic heterocycles. The molecule has 0 aliphatic carbocycles. The largest absolute Gasteiger partial charge is 0.453 e. The number of halogens is 1. The van der Waals surface area contributed by atoms with E-state index in [1.165, 1.54) is 0 Å². The third-order valence-corrected chi connectivity index (χ3v) is 2.34. The molecule has 0 amide bonds. The lowest BCUT2D eigenvalue weighted by Gasteiger charge is -2.14. The molecule has 4 heteroatoms. The van der Waals surface area contributed by atoms with Gasteiger partial charge in [-0.25, -0.2) is 0 Å². The Morgan fingerprint density at radius 3 is 2.86 bits per heavy atom. The van der Waals surface area contributed by atoms with Crippen LogP contribution in [0.2, 0.25) is 0 Å². The van der Waals surface area contributed by atoms with Gasteiger partial charge < -0.3 is 14.5 Å². The van der Waals surface area contributed by atoms with Gasteiger partial charge in [0.2, 0.25) is 0 Å². The third-order valence-electron chi connectivity index (χ3n) is 1.91. The van der Waals surface area contributed by atoms with Crippen molar-refractivity contribution in [2.24, 2.45) is 0 Å². The molecular formula is C10H16BrNO2. The summed E-state index contributed by atoms with van der Waals surface area (Å²) in [6.45, 7) is 3.72. The second-order valence-electron chi connectivity index (χ2n) is 3.10. The second-order valence-corrected chi connectivity index (χ2v) is 3.89. The number of ether oxygens (including phenoxy) is 1. The Morgan fingerprint density at radius 1 is 1.57 bits per heavy atom. The summed E-state index contributed by atoms with van der Waals surface area (Å²) in [6, 6.07) is 3.99. The molecule has 1 heterocycles. The first kappa shape index (κ1) is 11.8. The van der Waals surface area contributed by atoms with E-state index in [2.05, 4.69) is 28.2 Å². The van der Waals surface area contributed by atoms with Gasteiger partial charge in [0, 0.05) is 7.11 Å². The van der Waals surface area contributed by atoms with Gasteiger partial charge in [0.1, 0.15) is 5.76 Å². The molecule has 1 aromatic heterocycles. The molecule has 1 rings (SSSR count). The molecule has 0 aromatic carbocycles. The minimum absolute atomic E-state index is 0.145. The van der Waals surface area contributed by atoms with Crippen molar-refractivity contribution in [3.8, 4) is 0 Å². The molecule has 80 valence electrons. The SMILES string of the molecule is CCCNC(COC)c1ccc(Br)o1. The van der Waals surface area contributed by atoms with Gasteiger partial charge in [-0.1, -0.05) is 6.92 Å². The van der Waals surface area contributed by atoms with Crippen molar-refractivity contribution in [1.29, 1.82) is 0 Å². The van der Waals surface area contributed by atoms with Crippen LogP contribution in [0.25, 0.3) is 0 Å². The van der Waals surface area contributed by atoms with E-state index < -0.39 is 0 Å². The summed E-state index contributed by atoms with van der Waals surface area (Å²) < 4.78 is 11.4. The molecule has 0 aliphatic rings. The quantitative estimate of drug-likeness (QED) is 0.856. The van der Waals surface area contributed by atoms with E-state index in [0.29, 0.717) is 6.61 Å². The zero-order chi connectivity index (χ0) is 10.4. The Balaban J connectivity index is 2.57. The van der Waals surface area contributed by atoms with E-state index in [1.54, 1.807) is 7.11 Å². The maximum atomic E-state index is 5.47. The number of hydrogen-bond acceptors (Lipinski definition) is 3. The number of hydrogen-bond donors (Lipinski definition) is 1. The Hall–Kier alpha value is -0.320. The second kappa shape index (κ2) is 6.22. The minimum Gasteiger partial charge on any atom is -0.453 e. The van der Waals surface area contributed by atoms with Crippen molar-refractivity contribution in [2.45, 2.75) is 19.4 Å². The fourth-order valence-electron chi connectivity index (χ4n) is 1.24. The van der Waals surface area contributed by atoms with Crippen LogP contribution in [-0.4, -0.2) is 20.3 Å². The van der Waals surface area contributed by atoms with Gasteiger partial charge in [-0.3, -0.25) is 0 Å². The molecule has 3 nitrogen and oxygen atoms in total. The van der Waals surface area contributed by atoms with E-state index >= 15 is 0 Å². The summed E-state index contributed by atoms with van der Waals surface area (Å²) in [6.07, 6.45) is 1.10. The standard InChI is InChI=1S/C10H16BrNO2/c1-3-6-12-8(7-13-2)9-4-5-10(11)14-9/h4-5,8,12H,3,6-7H2,1-2H3. The Kier molecular flexibility index (Phi) is 5.22. The summed E-state index contributed by atoms with van der Waals surface area (Å²) in [7, 11) is 1.69. The molecule has 0 saturated carbocycles. The maximum Gasteiger partial charge on any atom is 0.169 e. The lowest BCUT2D eigenvalue weighted by atomic mass is 10.2. The average Bonchev–Trinajstić information content (AvgIpc) is 2.59. The van der Waals surface area contributed by atoms with Crippen LogP contribution in [0.5, 0.6) is 0 Å². The predicted octanol–water partition coefficient (Wildman–Crippen LogP) is 2.73. The summed E-state index contributed by atoms with van der Waals surface area (Å²) in [4.78, 5) is 0. The summed E-state index contributed by atoms with van der Waals surface area (Å²) >= 11 is 3.28. The van der Waals surface area contributed by atoms with Gasteiger partial charge >= 0.3 is 0 Å². The molecule has 1 unspecified atom stereocenters. The Labute approximate surface area is 92.9 Å². The van der Waals surface area contributed by atoms with E-state index in [1.807, 2.05) is 12.1 Å². The van der Waals surface area contributed by atoms with Crippen molar-refractivity contribution < 1.29 is 9.15 Å². The smallest absolute Gasteiger partial charge is 0.169 e. The fraction of sp³-hybridized carbons (Fsp3) is 0.600. The first-order valence-corrected chi connectivity index (χ1v) is 5.54. The predicted molar refractivity (Wildman–Crippen MR) is 59.3 cm³/mol. The average molecular weight is 262 g/mol. The van der Waals surface area contributed by atoms with Gasteiger partial charge in [0.05, 0.1) is 12.6 Å². The number of methoxy groups -OCH3 is 1. The zero-order valence-corrected chi connectivity index (χ0v) is 10.1. The molecule has 1 N–H and O–H groups in total. The van der Waals surface area contributed by atoms with Gasteiger partial charge in [-0.05, 0) is 41.0 Å². The van der Waals surface area contributed by atoms with Crippen molar-refractivity contribution in [1.82, 2.24) is 5.32 Å². The highest BCUT2D eigenvalue weighted by atomic mass is 79.9. The van der Waals surface area contributed by atoms with Crippen molar-refractivity contribution in [3.63, 3.8) is 0 Å². The maximum absolute atomic E-state index is 5.47. The van der Waals surface area contributed by atoms with Gasteiger partial charge in [-0.2, -0.15) is 0 Å². The number of rotatable bonds is 6. The highest BCUT2D eigenvalue weighted by Gasteiger charge is 2.13. The normalized spacial score (nSPS) is 13.1. The summed E-state index contributed by atoms with van der Waals surface area (Å²) in [5.41, 5.74) is 0. The van der Waals surface area contributed by atoms with Crippen LogP contribution in [0.3, 0.4) is 0 Å². The molecular weight excluding hydrogens is 246 g/mol. The zero-order valence-electron chi connectivity index (χ0n) is 8.55. The lowest BCUT2D eigenvalue weighted by Crippen LogP contribution is -2.25. The Bertz CT molecular complexity index is 262. The van der Waals surface area contributed by atoms with Gasteiger partial charge in [0.15, 0.2) is 4.67 Å². The van der Waals surface area contributed by atoms with Gasteiger partial charge in [-0.15, -0.1) is 0 Å². The van der Waals surface area contributed by atoms with Crippen molar-refractivity contribution in [2.75, 3.05) is 20.3 Å². The first-order chi connectivity index (χ1) is 6.77. The highest BCUT2D eigenvalue weighted by Crippen LogP contribution is 2.20. The summed E-state index contributed by atoms with van der Waals surface area (Å²) in [5.74, 6) is 0.909. The fourth-order valence-corrected chi connectivity index (χ4v) is 1.56. The first-order valence-electron chi connectivity index (χ1n) is 4.75. The molecule has 14 heavy (non-hydrogen) atoms. The van der Waals surface area contributed by atoms with E-state index in [9.17, 15) is 0 Å². The molecule has 0 bridgehead atoms. The highest BCUT2D eigenvalue weighted by molar-refractivity contribution is 9.10. The van der Waals surface area contributed by atoms with Crippen LogP contribution in [0.15, 0.2) is 21.2 Å². The third kappa shape index (κ3) is 3.44. The molecule has 0 fully saturated rings. The van der Waals surface area contributed by atoms with E-state index in [4.69, 9.17) is 9.15 Å².